The molecular formula is C4H3F3O2. The molecule has 0 bridgehead atoms. The number of carbonyl (C=O) groups is 1. The first kappa shape index (κ1) is 8.00. The van der Waals surface area contributed by atoms with Crippen LogP contribution < -0.4 is 0 Å². The van der Waals surface area contributed by atoms with Gasteiger partial charge in [0.1, 0.15) is 0 Å². The summed E-state index contributed by atoms with van der Waals surface area (Å²) in [7, 11) is 0. The number of carboxylic acid groups (broad SMARTS) is 1. The van der Waals surface area contributed by atoms with Gasteiger partial charge in [-0.3, -0.25) is 0 Å². The number of aliphatic carboxylic acids is 1. The van der Waals surface area contributed by atoms with Crippen LogP contribution in [0.5, 0.6) is 0 Å². The molecule has 0 aromatic carbocycles. The zero-order valence-corrected chi connectivity index (χ0v) is 4.14. The fourth-order valence-corrected chi connectivity index (χ4v) is 0.166. The van der Waals surface area contributed by atoms with Gasteiger partial charge in [-0.15, -0.1) is 0 Å². The zero-order valence-electron chi connectivity index (χ0n) is 4.14. The molecule has 5 heteroatoms. The van der Waals surface area contributed by atoms with E-state index in [9.17, 15) is 18.0 Å². The van der Waals surface area contributed by atoms with Crippen molar-refractivity contribution in [3.8, 4) is 0 Å². The Balaban J connectivity index is 3.86. The fraction of sp³-hybridized carbons (Fsp3) is 0.250. The molecule has 0 saturated heterocycles. The van der Waals surface area contributed by atoms with Crippen LogP contribution in [0.3, 0.4) is 0 Å². The molecule has 0 heterocycles. The summed E-state index contributed by atoms with van der Waals surface area (Å²) in [5.41, 5.74) is 0. The molecule has 0 saturated carbocycles. The molecule has 52 valence electrons. The Labute approximate surface area is 48.6 Å². The van der Waals surface area contributed by atoms with Crippen molar-refractivity contribution in [2.75, 3.05) is 0 Å². The molecule has 9 heavy (non-hydrogen) atoms. The van der Waals surface area contributed by atoms with Crippen molar-refractivity contribution in [2.24, 2.45) is 0 Å². The van der Waals surface area contributed by atoms with Gasteiger partial charge in [-0.25, -0.2) is 4.79 Å². The lowest BCUT2D eigenvalue weighted by Crippen LogP contribution is -2.02. The summed E-state index contributed by atoms with van der Waals surface area (Å²) >= 11 is 0. The van der Waals surface area contributed by atoms with Crippen LogP contribution in [0.1, 0.15) is 0 Å². The van der Waals surface area contributed by atoms with Crippen molar-refractivity contribution in [3.63, 3.8) is 0 Å². The predicted molar refractivity (Wildman–Crippen MR) is 22.8 cm³/mol. The summed E-state index contributed by atoms with van der Waals surface area (Å²) in [6.45, 7) is 0. The van der Waals surface area contributed by atoms with E-state index >= 15 is 0 Å². The van der Waals surface area contributed by atoms with Gasteiger partial charge in [0.05, 0.1) is 0 Å². The molecular weight excluding hydrogens is 137 g/mol. The standard InChI is InChI=1S/C4H3F3O2/c5-4(6,7)2-1-3(8)9/h1-2H,(H,8,9). The van der Waals surface area contributed by atoms with Crippen molar-refractivity contribution in [1.82, 2.24) is 0 Å². The Kier molecular flexibility index (Phi) is 2.24. The van der Waals surface area contributed by atoms with Crippen LogP contribution in [0.4, 0.5) is 13.2 Å². The molecule has 0 aromatic rings. The van der Waals surface area contributed by atoms with Gasteiger partial charge in [0.2, 0.25) is 0 Å². The monoisotopic (exact) mass is 140 g/mol. The highest BCUT2D eigenvalue weighted by Crippen LogP contribution is 2.15. The van der Waals surface area contributed by atoms with Crippen LogP contribution in [0, 0.1) is 0 Å². The third-order valence-electron chi connectivity index (χ3n) is 0.415. The first-order chi connectivity index (χ1) is 3.92. The summed E-state index contributed by atoms with van der Waals surface area (Å²) in [4.78, 5) is 9.46. The second kappa shape index (κ2) is 2.52. The molecule has 0 aliphatic rings. The van der Waals surface area contributed by atoms with E-state index in [0.29, 0.717) is 0 Å². The van der Waals surface area contributed by atoms with Gasteiger partial charge in [0.15, 0.2) is 0 Å². The normalized spacial score (nSPS) is 12.3. The van der Waals surface area contributed by atoms with E-state index in [2.05, 4.69) is 0 Å². The lowest BCUT2D eigenvalue weighted by molar-refractivity contribution is -0.132. The summed E-state index contributed by atoms with van der Waals surface area (Å²) in [5.74, 6) is -1.60. The summed E-state index contributed by atoms with van der Waals surface area (Å²) in [6.07, 6.45) is -4.83. The third-order valence-corrected chi connectivity index (χ3v) is 0.415. The van der Waals surface area contributed by atoms with Gasteiger partial charge in [-0.05, 0) is 0 Å². The second-order valence-corrected chi connectivity index (χ2v) is 1.21. The van der Waals surface area contributed by atoms with E-state index in [1.54, 1.807) is 0 Å². The largest absolute Gasteiger partial charge is 0.478 e. The minimum absolute atomic E-state index is 0.0417. The molecule has 0 aliphatic carbocycles. The lowest BCUT2D eigenvalue weighted by atomic mass is 10.5. The number of hydrogen-bond donors (Lipinski definition) is 1. The van der Waals surface area contributed by atoms with E-state index in [0.717, 1.165) is 0 Å². The van der Waals surface area contributed by atoms with Gasteiger partial charge in [-0.1, -0.05) is 0 Å². The van der Waals surface area contributed by atoms with Crippen LogP contribution >= 0.6 is 0 Å². The number of rotatable bonds is 1. The van der Waals surface area contributed by atoms with E-state index < -0.39 is 12.1 Å². The van der Waals surface area contributed by atoms with Crippen molar-refractivity contribution < 1.29 is 23.1 Å². The van der Waals surface area contributed by atoms with Gasteiger partial charge < -0.3 is 5.11 Å². The average Bonchev–Trinajstić information content (AvgIpc) is 1.59. The molecule has 2 nitrogen and oxygen atoms in total. The molecule has 0 unspecified atom stereocenters. The molecule has 0 spiro atoms. The maximum Gasteiger partial charge on any atom is 0.410 e. The quantitative estimate of drug-likeness (QED) is 0.555. The maximum absolute atomic E-state index is 11.1. The van der Waals surface area contributed by atoms with Crippen molar-refractivity contribution in [3.05, 3.63) is 12.2 Å². The van der Waals surface area contributed by atoms with E-state index in [4.69, 9.17) is 5.11 Å². The number of hydrogen-bond acceptors (Lipinski definition) is 1. The van der Waals surface area contributed by atoms with Crippen molar-refractivity contribution >= 4 is 5.97 Å². The smallest absolute Gasteiger partial charge is 0.410 e. The molecule has 0 atom stereocenters. The molecule has 0 rings (SSSR count). The third kappa shape index (κ3) is 7.00. The first-order valence-electron chi connectivity index (χ1n) is 1.91. The predicted octanol–water partition coefficient (Wildman–Crippen LogP) is 1.19. The highest BCUT2D eigenvalue weighted by atomic mass is 19.4. The molecule has 0 fully saturated rings. The van der Waals surface area contributed by atoms with E-state index in [1.165, 1.54) is 0 Å². The van der Waals surface area contributed by atoms with E-state index in [1.807, 2.05) is 0 Å². The number of allylic oxidation sites excluding steroid dienone is 1. The summed E-state index contributed by atoms with van der Waals surface area (Å²) in [6, 6.07) is 0. The summed E-state index contributed by atoms with van der Waals surface area (Å²) < 4.78 is 33.2. The van der Waals surface area contributed by atoms with Crippen LogP contribution in [0.25, 0.3) is 0 Å². The minimum atomic E-state index is -4.53. The Morgan fingerprint density at radius 3 is 2.00 bits per heavy atom. The van der Waals surface area contributed by atoms with Crippen LogP contribution in [0.15, 0.2) is 12.2 Å². The summed E-state index contributed by atoms with van der Waals surface area (Å²) in [5, 5.41) is 7.69. The molecule has 0 aromatic heterocycles. The highest BCUT2D eigenvalue weighted by Gasteiger charge is 2.22. The number of carboxylic acids is 1. The SMILES string of the molecule is O=C(O)C=CC(F)(F)F. The van der Waals surface area contributed by atoms with Gasteiger partial charge in [0, 0.05) is 12.2 Å². The Morgan fingerprint density at radius 1 is 1.44 bits per heavy atom. The lowest BCUT2D eigenvalue weighted by Gasteiger charge is -1.93. The zero-order chi connectivity index (χ0) is 7.49. The van der Waals surface area contributed by atoms with Gasteiger partial charge in [-0.2, -0.15) is 13.2 Å². The Hall–Kier alpha value is -1.00. The average molecular weight is 140 g/mol. The van der Waals surface area contributed by atoms with Crippen molar-refractivity contribution in [1.29, 1.82) is 0 Å². The fourth-order valence-electron chi connectivity index (χ4n) is 0.166. The topological polar surface area (TPSA) is 37.3 Å². The number of halogens is 3. The van der Waals surface area contributed by atoms with Gasteiger partial charge in [0.25, 0.3) is 0 Å². The van der Waals surface area contributed by atoms with Gasteiger partial charge >= 0.3 is 12.1 Å². The highest BCUT2D eigenvalue weighted by molar-refractivity contribution is 5.79. The Bertz CT molecular complexity index is 135. The molecule has 1 N–H and O–H groups in total. The van der Waals surface area contributed by atoms with Crippen LogP contribution in [-0.2, 0) is 4.79 Å². The van der Waals surface area contributed by atoms with Crippen molar-refractivity contribution in [2.45, 2.75) is 6.18 Å². The number of alkyl halides is 3. The maximum atomic E-state index is 11.1. The first-order valence-corrected chi connectivity index (χ1v) is 1.91. The molecule has 0 aliphatic heterocycles. The van der Waals surface area contributed by atoms with Crippen LogP contribution in [-0.4, -0.2) is 17.3 Å². The Morgan fingerprint density at radius 2 is 1.89 bits per heavy atom. The molecule has 0 radical (unpaired) electrons. The second-order valence-electron chi connectivity index (χ2n) is 1.21. The van der Waals surface area contributed by atoms with Crippen LogP contribution in [0.2, 0.25) is 0 Å². The van der Waals surface area contributed by atoms with E-state index in [-0.39, 0.29) is 12.2 Å². The minimum Gasteiger partial charge on any atom is -0.478 e. The molecule has 0 amide bonds.